The molecule has 1 atom stereocenters. The van der Waals surface area contributed by atoms with Crippen molar-refractivity contribution in [1.82, 2.24) is 5.32 Å². The molecule has 0 radical (unpaired) electrons. The number of allylic oxidation sites excluding steroid dienone is 1. The van der Waals surface area contributed by atoms with E-state index in [1.165, 1.54) is 70.8 Å². The van der Waals surface area contributed by atoms with E-state index in [9.17, 15) is 0 Å². The molecular weight excluding hydrogens is 206 g/mol. The summed E-state index contributed by atoms with van der Waals surface area (Å²) < 4.78 is 0. The first-order valence-corrected chi connectivity index (χ1v) is 7.79. The molecule has 1 unspecified atom stereocenters. The van der Waals surface area contributed by atoms with Gasteiger partial charge in [-0.25, -0.2) is 0 Å². The van der Waals surface area contributed by atoms with Crippen LogP contribution in [0.15, 0.2) is 11.6 Å². The lowest BCUT2D eigenvalue weighted by molar-refractivity contribution is 0.258. The highest BCUT2D eigenvalue weighted by Gasteiger charge is 2.22. The topological polar surface area (TPSA) is 12.0 Å². The minimum absolute atomic E-state index is 0.768. The van der Waals surface area contributed by atoms with Crippen LogP contribution in [0.5, 0.6) is 0 Å². The van der Waals surface area contributed by atoms with E-state index in [0.29, 0.717) is 0 Å². The monoisotopic (exact) mass is 235 g/mol. The van der Waals surface area contributed by atoms with Crippen molar-refractivity contribution in [2.75, 3.05) is 6.54 Å². The quantitative estimate of drug-likeness (QED) is 0.643. The molecule has 17 heavy (non-hydrogen) atoms. The Labute approximate surface area is 107 Å². The zero-order valence-corrected chi connectivity index (χ0v) is 11.5. The molecule has 98 valence electrons. The predicted molar refractivity (Wildman–Crippen MR) is 75.2 cm³/mol. The Balaban J connectivity index is 1.77. The highest BCUT2D eigenvalue weighted by Crippen LogP contribution is 2.32. The Morgan fingerprint density at radius 2 is 2.18 bits per heavy atom. The molecule has 0 aromatic heterocycles. The molecule has 0 amide bonds. The van der Waals surface area contributed by atoms with Gasteiger partial charge in [0.2, 0.25) is 0 Å². The fraction of sp³-hybridized carbons (Fsp3) is 0.875. The van der Waals surface area contributed by atoms with Gasteiger partial charge >= 0.3 is 0 Å². The van der Waals surface area contributed by atoms with Crippen molar-refractivity contribution in [1.29, 1.82) is 0 Å². The molecule has 1 fully saturated rings. The average molecular weight is 235 g/mol. The van der Waals surface area contributed by atoms with E-state index in [1.807, 2.05) is 0 Å². The zero-order chi connectivity index (χ0) is 11.9. The molecule has 0 aromatic carbocycles. The summed E-state index contributed by atoms with van der Waals surface area (Å²) in [5, 5.41) is 3.77. The van der Waals surface area contributed by atoms with Crippen LogP contribution in [-0.2, 0) is 0 Å². The van der Waals surface area contributed by atoms with E-state index in [-0.39, 0.29) is 0 Å². The van der Waals surface area contributed by atoms with E-state index < -0.39 is 0 Å². The molecule has 0 bridgehead atoms. The number of rotatable bonds is 7. The summed E-state index contributed by atoms with van der Waals surface area (Å²) >= 11 is 0. The van der Waals surface area contributed by atoms with Gasteiger partial charge in [0.05, 0.1) is 0 Å². The van der Waals surface area contributed by atoms with E-state index in [2.05, 4.69) is 18.3 Å². The molecule has 0 aromatic rings. The van der Waals surface area contributed by atoms with Crippen molar-refractivity contribution in [2.24, 2.45) is 5.92 Å². The number of hydrogen-bond acceptors (Lipinski definition) is 1. The standard InChI is InChI=1S/C16H29N/c1-2-11-17-16(13-15-9-6-10-15)12-14-7-4-3-5-8-14/h7,15-17H,2-6,8-13H2,1H3. The Kier molecular flexibility index (Phi) is 5.57. The van der Waals surface area contributed by atoms with Crippen LogP contribution >= 0.6 is 0 Å². The van der Waals surface area contributed by atoms with Crippen LogP contribution in [0.1, 0.15) is 71.1 Å². The summed E-state index contributed by atoms with van der Waals surface area (Å²) in [6.45, 7) is 3.47. The van der Waals surface area contributed by atoms with Crippen LogP contribution in [0.2, 0.25) is 0 Å². The molecule has 2 rings (SSSR count). The lowest BCUT2D eigenvalue weighted by atomic mass is 9.79. The highest BCUT2D eigenvalue weighted by molar-refractivity contribution is 5.07. The van der Waals surface area contributed by atoms with E-state index in [1.54, 1.807) is 5.57 Å². The maximum absolute atomic E-state index is 3.77. The first-order chi connectivity index (χ1) is 8.38. The molecular formula is C16H29N. The SMILES string of the molecule is CCCNC(CC1=CCCCC1)CC1CCC1. The van der Waals surface area contributed by atoms with Crippen molar-refractivity contribution in [3.05, 3.63) is 11.6 Å². The molecule has 2 aliphatic carbocycles. The van der Waals surface area contributed by atoms with Crippen molar-refractivity contribution in [3.63, 3.8) is 0 Å². The second-order valence-corrected chi connectivity index (χ2v) is 6.00. The van der Waals surface area contributed by atoms with Crippen LogP contribution in [0.3, 0.4) is 0 Å². The van der Waals surface area contributed by atoms with Crippen LogP contribution in [-0.4, -0.2) is 12.6 Å². The van der Waals surface area contributed by atoms with Gasteiger partial charge in [-0.2, -0.15) is 0 Å². The second kappa shape index (κ2) is 7.20. The molecule has 0 heterocycles. The van der Waals surface area contributed by atoms with Crippen molar-refractivity contribution in [3.8, 4) is 0 Å². The number of hydrogen-bond donors (Lipinski definition) is 1. The lowest BCUT2D eigenvalue weighted by Crippen LogP contribution is -2.34. The molecule has 0 spiro atoms. The van der Waals surface area contributed by atoms with Gasteiger partial charge in [-0.1, -0.05) is 37.8 Å². The maximum atomic E-state index is 3.77. The smallest absolute Gasteiger partial charge is 0.0107 e. The first kappa shape index (κ1) is 13.1. The maximum Gasteiger partial charge on any atom is 0.0107 e. The van der Waals surface area contributed by atoms with Gasteiger partial charge in [0.25, 0.3) is 0 Å². The predicted octanol–water partition coefficient (Wildman–Crippen LogP) is 4.44. The second-order valence-electron chi connectivity index (χ2n) is 6.00. The van der Waals surface area contributed by atoms with Gasteiger partial charge in [0.15, 0.2) is 0 Å². The molecule has 1 N–H and O–H groups in total. The minimum Gasteiger partial charge on any atom is -0.314 e. The summed E-state index contributed by atoms with van der Waals surface area (Å²) in [7, 11) is 0. The molecule has 0 saturated heterocycles. The Morgan fingerprint density at radius 3 is 2.76 bits per heavy atom. The van der Waals surface area contributed by atoms with Crippen molar-refractivity contribution < 1.29 is 0 Å². The summed E-state index contributed by atoms with van der Waals surface area (Å²) in [6.07, 6.45) is 16.5. The largest absolute Gasteiger partial charge is 0.314 e. The summed E-state index contributed by atoms with van der Waals surface area (Å²) in [5.41, 5.74) is 1.74. The van der Waals surface area contributed by atoms with Crippen molar-refractivity contribution in [2.45, 2.75) is 77.2 Å². The molecule has 0 aliphatic heterocycles. The van der Waals surface area contributed by atoms with Crippen molar-refractivity contribution >= 4 is 0 Å². The third kappa shape index (κ3) is 4.46. The minimum atomic E-state index is 0.768. The van der Waals surface area contributed by atoms with Gasteiger partial charge in [0, 0.05) is 6.04 Å². The molecule has 1 saturated carbocycles. The normalized spacial score (nSPS) is 23.0. The zero-order valence-electron chi connectivity index (χ0n) is 11.5. The van der Waals surface area contributed by atoms with Gasteiger partial charge in [-0.15, -0.1) is 0 Å². The summed E-state index contributed by atoms with van der Waals surface area (Å²) in [5.74, 6) is 1.04. The number of nitrogens with one attached hydrogen (secondary N) is 1. The van der Waals surface area contributed by atoms with E-state index in [4.69, 9.17) is 0 Å². The first-order valence-electron chi connectivity index (χ1n) is 7.79. The van der Waals surface area contributed by atoms with Crippen LogP contribution in [0.4, 0.5) is 0 Å². The third-order valence-corrected chi connectivity index (χ3v) is 4.42. The van der Waals surface area contributed by atoms with Gasteiger partial charge < -0.3 is 5.32 Å². The Bertz CT molecular complexity index is 240. The van der Waals surface area contributed by atoms with Crippen LogP contribution in [0.25, 0.3) is 0 Å². The van der Waals surface area contributed by atoms with E-state index in [0.717, 1.165) is 12.0 Å². The van der Waals surface area contributed by atoms with Gasteiger partial charge in [-0.05, 0) is 57.4 Å². The van der Waals surface area contributed by atoms with Gasteiger partial charge in [-0.3, -0.25) is 0 Å². The highest BCUT2D eigenvalue weighted by atomic mass is 14.9. The third-order valence-electron chi connectivity index (χ3n) is 4.42. The summed E-state index contributed by atoms with van der Waals surface area (Å²) in [4.78, 5) is 0. The fourth-order valence-electron chi connectivity index (χ4n) is 3.12. The average Bonchev–Trinajstić information content (AvgIpc) is 2.31. The molecule has 1 nitrogen and oxygen atoms in total. The van der Waals surface area contributed by atoms with Gasteiger partial charge in [0.1, 0.15) is 0 Å². The van der Waals surface area contributed by atoms with Crippen LogP contribution in [0, 0.1) is 5.92 Å². The molecule has 1 heteroatoms. The van der Waals surface area contributed by atoms with Crippen LogP contribution < -0.4 is 5.32 Å². The fourth-order valence-corrected chi connectivity index (χ4v) is 3.12. The summed E-state index contributed by atoms with van der Waals surface area (Å²) in [6, 6.07) is 0.768. The van der Waals surface area contributed by atoms with E-state index >= 15 is 0 Å². The Hall–Kier alpha value is -0.300. The molecule has 2 aliphatic rings. The Morgan fingerprint density at radius 1 is 1.29 bits per heavy atom. The lowest BCUT2D eigenvalue weighted by Gasteiger charge is -2.31.